The summed E-state index contributed by atoms with van der Waals surface area (Å²) in [6, 6.07) is 15.0. The van der Waals surface area contributed by atoms with Crippen molar-refractivity contribution in [3.63, 3.8) is 0 Å². The lowest BCUT2D eigenvalue weighted by Gasteiger charge is -2.22. The van der Waals surface area contributed by atoms with Crippen molar-refractivity contribution >= 4 is 96.5 Å². The standard InChI is InChI=1S/C36H28Br2O8/c1-41-23-11-19-25(43-3)13-21(37)33(39)31(19)27-15(23)7-9-17-29(27)30-18(36(46-6)35(17)45-5)10-8-16-24(42-2)12-20-26(44-4)14-22(38)34(40)32(20)28(16)30/h7-14,39-40H,1-6H3. The normalized spacial score (nSPS) is 11.7. The third kappa shape index (κ3) is 3.96. The van der Waals surface area contributed by atoms with Gasteiger partial charge >= 0.3 is 0 Å². The van der Waals surface area contributed by atoms with E-state index in [0.29, 0.717) is 75.8 Å². The molecule has 0 atom stereocenters. The first-order chi connectivity index (χ1) is 22.2. The lowest BCUT2D eigenvalue weighted by Crippen LogP contribution is -1.98. The number of methoxy groups -OCH3 is 6. The van der Waals surface area contributed by atoms with Gasteiger partial charge in [-0.25, -0.2) is 0 Å². The molecular weight excluding hydrogens is 720 g/mol. The van der Waals surface area contributed by atoms with Gasteiger partial charge in [0.2, 0.25) is 0 Å². The Kier molecular flexibility index (Phi) is 7.25. The molecular formula is C36H28Br2O8. The number of fused-ring (bicyclic) bond motifs is 11. The first-order valence-corrected chi connectivity index (χ1v) is 15.7. The van der Waals surface area contributed by atoms with Gasteiger partial charge in [-0.15, -0.1) is 0 Å². The Morgan fingerprint density at radius 2 is 0.696 bits per heavy atom. The Morgan fingerprint density at radius 3 is 1.02 bits per heavy atom. The van der Waals surface area contributed by atoms with Gasteiger partial charge in [-0.1, -0.05) is 0 Å². The van der Waals surface area contributed by atoms with E-state index >= 15 is 0 Å². The van der Waals surface area contributed by atoms with E-state index in [2.05, 4.69) is 31.9 Å². The van der Waals surface area contributed by atoms with Crippen molar-refractivity contribution in [3.8, 4) is 46.0 Å². The number of hydrogen-bond donors (Lipinski definition) is 2. The van der Waals surface area contributed by atoms with Crippen molar-refractivity contribution in [1.82, 2.24) is 0 Å². The molecule has 0 radical (unpaired) electrons. The molecule has 8 nitrogen and oxygen atoms in total. The van der Waals surface area contributed by atoms with Gasteiger partial charge < -0.3 is 38.6 Å². The first kappa shape index (κ1) is 30.1. The Morgan fingerprint density at radius 1 is 0.391 bits per heavy atom. The number of benzene rings is 7. The molecule has 0 aliphatic carbocycles. The maximum Gasteiger partial charge on any atom is 0.169 e. The second-order valence-corrected chi connectivity index (χ2v) is 12.4. The smallest absolute Gasteiger partial charge is 0.169 e. The van der Waals surface area contributed by atoms with Crippen LogP contribution in [-0.4, -0.2) is 52.9 Å². The molecule has 0 bridgehead atoms. The zero-order valence-electron chi connectivity index (χ0n) is 25.7. The molecule has 10 heteroatoms. The van der Waals surface area contributed by atoms with Crippen LogP contribution in [0.2, 0.25) is 0 Å². The number of phenols is 2. The summed E-state index contributed by atoms with van der Waals surface area (Å²) in [5, 5.41) is 31.7. The molecule has 234 valence electrons. The van der Waals surface area contributed by atoms with Crippen LogP contribution in [0.5, 0.6) is 46.0 Å². The van der Waals surface area contributed by atoms with Crippen molar-refractivity contribution in [3.05, 3.63) is 57.5 Å². The molecule has 0 amide bonds. The van der Waals surface area contributed by atoms with Crippen LogP contribution in [0, 0.1) is 0 Å². The first-order valence-electron chi connectivity index (χ1n) is 14.1. The van der Waals surface area contributed by atoms with Crippen LogP contribution >= 0.6 is 31.9 Å². The van der Waals surface area contributed by atoms with Crippen LogP contribution < -0.4 is 28.4 Å². The minimum atomic E-state index is 0.0359. The Hall–Kier alpha value is -4.54. The molecule has 0 aliphatic rings. The summed E-state index contributed by atoms with van der Waals surface area (Å²) in [6.07, 6.45) is 0. The minimum Gasteiger partial charge on any atom is -0.506 e. The third-order valence-electron chi connectivity index (χ3n) is 8.74. The van der Waals surface area contributed by atoms with Crippen LogP contribution in [0.25, 0.3) is 64.6 Å². The van der Waals surface area contributed by atoms with Crippen LogP contribution in [0.4, 0.5) is 0 Å². The molecule has 7 aromatic rings. The van der Waals surface area contributed by atoms with Gasteiger partial charge in [0.15, 0.2) is 11.5 Å². The number of ether oxygens (including phenoxy) is 6. The predicted octanol–water partition coefficient (Wildman–Crippen LogP) is 9.59. The number of phenolic OH excluding ortho intramolecular Hbond substituents is 2. The van der Waals surface area contributed by atoms with Crippen molar-refractivity contribution in [2.75, 3.05) is 42.7 Å². The van der Waals surface area contributed by atoms with E-state index in [0.717, 1.165) is 32.3 Å². The summed E-state index contributed by atoms with van der Waals surface area (Å²) in [5.74, 6) is 3.36. The monoisotopic (exact) mass is 746 g/mol. The fraction of sp³-hybridized carbons (Fsp3) is 0.167. The molecule has 0 saturated heterocycles. The van der Waals surface area contributed by atoms with Gasteiger partial charge in [-0.2, -0.15) is 0 Å². The number of aromatic hydroxyl groups is 2. The van der Waals surface area contributed by atoms with Crippen LogP contribution in [-0.2, 0) is 0 Å². The van der Waals surface area contributed by atoms with E-state index in [1.54, 1.807) is 54.8 Å². The summed E-state index contributed by atoms with van der Waals surface area (Å²) >= 11 is 7.09. The summed E-state index contributed by atoms with van der Waals surface area (Å²) in [4.78, 5) is 0. The lowest BCUT2D eigenvalue weighted by molar-refractivity contribution is 0.362. The molecule has 7 aromatic carbocycles. The predicted molar refractivity (Wildman–Crippen MR) is 190 cm³/mol. The Balaban J connectivity index is 1.98. The highest BCUT2D eigenvalue weighted by Gasteiger charge is 2.27. The molecule has 0 heterocycles. The Labute approximate surface area is 280 Å². The zero-order chi connectivity index (χ0) is 32.6. The fourth-order valence-electron chi connectivity index (χ4n) is 6.83. The van der Waals surface area contributed by atoms with Crippen molar-refractivity contribution in [1.29, 1.82) is 0 Å². The van der Waals surface area contributed by atoms with Crippen molar-refractivity contribution in [2.45, 2.75) is 0 Å². The highest BCUT2D eigenvalue weighted by Crippen LogP contribution is 2.55. The number of halogens is 2. The van der Waals surface area contributed by atoms with Crippen LogP contribution in [0.3, 0.4) is 0 Å². The molecule has 7 rings (SSSR count). The van der Waals surface area contributed by atoms with Gasteiger partial charge in [0, 0.05) is 64.6 Å². The van der Waals surface area contributed by atoms with Gasteiger partial charge in [-0.3, -0.25) is 0 Å². The minimum absolute atomic E-state index is 0.0359. The fourth-order valence-corrected chi connectivity index (χ4v) is 7.64. The van der Waals surface area contributed by atoms with Crippen LogP contribution in [0.15, 0.2) is 57.5 Å². The summed E-state index contributed by atoms with van der Waals surface area (Å²) in [5.41, 5.74) is 0. The molecule has 46 heavy (non-hydrogen) atoms. The third-order valence-corrected chi connectivity index (χ3v) is 9.95. The second-order valence-electron chi connectivity index (χ2n) is 10.7. The molecule has 0 aromatic heterocycles. The molecule has 0 saturated carbocycles. The van der Waals surface area contributed by atoms with E-state index in [4.69, 9.17) is 28.4 Å². The second kappa shape index (κ2) is 11.1. The summed E-state index contributed by atoms with van der Waals surface area (Å²) in [7, 11) is 9.59. The highest BCUT2D eigenvalue weighted by atomic mass is 79.9. The van der Waals surface area contributed by atoms with E-state index in [1.807, 2.05) is 36.4 Å². The van der Waals surface area contributed by atoms with Crippen molar-refractivity contribution in [2.24, 2.45) is 0 Å². The molecule has 0 aliphatic heterocycles. The molecule has 2 N–H and O–H groups in total. The average molecular weight is 748 g/mol. The van der Waals surface area contributed by atoms with Gasteiger partial charge in [-0.05, 0) is 80.4 Å². The van der Waals surface area contributed by atoms with Crippen molar-refractivity contribution < 1.29 is 38.6 Å². The van der Waals surface area contributed by atoms with E-state index in [9.17, 15) is 10.2 Å². The van der Waals surface area contributed by atoms with Gasteiger partial charge in [0.1, 0.15) is 34.5 Å². The quantitative estimate of drug-likeness (QED) is 0.163. The van der Waals surface area contributed by atoms with E-state index in [1.165, 1.54) is 0 Å². The summed E-state index contributed by atoms with van der Waals surface area (Å²) in [6.45, 7) is 0. The molecule has 0 spiro atoms. The maximum absolute atomic E-state index is 11.7. The molecule has 0 unspecified atom stereocenters. The zero-order valence-corrected chi connectivity index (χ0v) is 28.9. The number of hydrogen-bond acceptors (Lipinski definition) is 8. The average Bonchev–Trinajstić information content (AvgIpc) is 3.08. The maximum atomic E-state index is 11.7. The lowest BCUT2D eigenvalue weighted by atomic mass is 9.87. The van der Waals surface area contributed by atoms with E-state index in [-0.39, 0.29) is 11.5 Å². The summed E-state index contributed by atoms with van der Waals surface area (Å²) < 4.78 is 36.5. The van der Waals surface area contributed by atoms with Gasteiger partial charge in [0.25, 0.3) is 0 Å². The molecule has 0 fully saturated rings. The topological polar surface area (TPSA) is 95.8 Å². The SMILES string of the molecule is COc1cc(Br)c(O)c2c1cc(OC)c1ccc3c(OC)c(OC)c4ccc5c(OC)cc6c(OC)cc(Br)c(O)c6c5c4c3c12. The highest BCUT2D eigenvalue weighted by molar-refractivity contribution is 9.11. The van der Waals surface area contributed by atoms with E-state index < -0.39 is 0 Å². The van der Waals surface area contributed by atoms with Gasteiger partial charge in [0.05, 0.1) is 51.6 Å². The Bertz CT molecular complexity index is 2270. The van der Waals surface area contributed by atoms with Crippen LogP contribution in [0.1, 0.15) is 0 Å². The number of rotatable bonds is 6. The largest absolute Gasteiger partial charge is 0.506 e.